The molecule has 0 spiro atoms. The van der Waals surface area contributed by atoms with Crippen molar-refractivity contribution in [2.75, 3.05) is 13.2 Å². The van der Waals surface area contributed by atoms with Crippen LogP contribution < -0.4 is 0 Å². The zero-order valence-electron chi connectivity index (χ0n) is 14.3. The van der Waals surface area contributed by atoms with Gasteiger partial charge in [0, 0.05) is 0 Å². The van der Waals surface area contributed by atoms with Gasteiger partial charge in [0.05, 0.1) is 25.6 Å². The van der Waals surface area contributed by atoms with Crippen LogP contribution in [0, 0.1) is 17.8 Å². The molecule has 0 saturated heterocycles. The largest absolute Gasteiger partial charge is 0.466 e. The van der Waals surface area contributed by atoms with E-state index in [1.165, 1.54) is 6.42 Å². The van der Waals surface area contributed by atoms with E-state index in [0.717, 1.165) is 12.8 Å². The molecule has 2 unspecified atom stereocenters. The van der Waals surface area contributed by atoms with Crippen LogP contribution in [0.3, 0.4) is 0 Å². The van der Waals surface area contributed by atoms with E-state index in [0.29, 0.717) is 31.5 Å². The summed E-state index contributed by atoms with van der Waals surface area (Å²) in [6.07, 6.45) is 4.26. The summed E-state index contributed by atoms with van der Waals surface area (Å²) in [5, 5.41) is 0. The molecule has 0 aliphatic heterocycles. The van der Waals surface area contributed by atoms with E-state index in [1.54, 1.807) is 13.8 Å². The van der Waals surface area contributed by atoms with Crippen LogP contribution in [0.4, 0.5) is 0 Å². The van der Waals surface area contributed by atoms with Gasteiger partial charge in [0.15, 0.2) is 0 Å². The van der Waals surface area contributed by atoms with Gasteiger partial charge in [-0.05, 0) is 32.1 Å². The van der Waals surface area contributed by atoms with E-state index in [4.69, 9.17) is 9.47 Å². The van der Waals surface area contributed by atoms with Crippen molar-refractivity contribution < 1.29 is 19.1 Å². The number of ether oxygens (including phenoxy) is 2. The molecule has 0 fully saturated rings. The van der Waals surface area contributed by atoms with E-state index < -0.39 is 0 Å². The predicted octanol–water partition coefficient (Wildman–Crippen LogP) is 3.97. The Balaban J connectivity index is 4.37. The van der Waals surface area contributed by atoms with Crippen LogP contribution in [0.15, 0.2) is 0 Å². The maximum atomic E-state index is 12.0. The Kier molecular flexibility index (Phi) is 11.0. The molecule has 0 N–H and O–H groups in total. The first-order valence-corrected chi connectivity index (χ1v) is 8.22. The van der Waals surface area contributed by atoms with Gasteiger partial charge < -0.3 is 9.47 Å². The normalized spacial score (nSPS) is 13.8. The molecule has 0 aromatic heterocycles. The number of hydrogen-bond donors (Lipinski definition) is 0. The first kappa shape index (κ1) is 19.9. The van der Waals surface area contributed by atoms with Crippen molar-refractivity contribution in [3.05, 3.63) is 0 Å². The Morgan fingerprint density at radius 2 is 1.57 bits per heavy atom. The lowest BCUT2D eigenvalue weighted by atomic mass is 9.89. The van der Waals surface area contributed by atoms with E-state index in [-0.39, 0.29) is 24.3 Å². The van der Waals surface area contributed by atoms with E-state index in [9.17, 15) is 9.59 Å². The summed E-state index contributed by atoms with van der Waals surface area (Å²) >= 11 is 0. The summed E-state index contributed by atoms with van der Waals surface area (Å²) in [6, 6.07) is 0. The second kappa shape index (κ2) is 11.6. The predicted molar refractivity (Wildman–Crippen MR) is 83.8 cm³/mol. The van der Waals surface area contributed by atoms with Gasteiger partial charge in [0.2, 0.25) is 0 Å². The highest BCUT2D eigenvalue weighted by atomic mass is 16.5. The molecule has 4 heteroatoms. The third-order valence-corrected chi connectivity index (χ3v) is 3.50. The molecule has 0 amide bonds. The fourth-order valence-electron chi connectivity index (χ4n) is 2.42. The number of rotatable bonds is 11. The van der Waals surface area contributed by atoms with Gasteiger partial charge in [-0.15, -0.1) is 0 Å². The molecule has 0 radical (unpaired) electrons. The Morgan fingerprint density at radius 1 is 0.952 bits per heavy atom. The lowest BCUT2D eigenvalue weighted by Gasteiger charge is -2.19. The summed E-state index contributed by atoms with van der Waals surface area (Å²) in [5.41, 5.74) is 0. The second-order valence-electron chi connectivity index (χ2n) is 6.12. The lowest BCUT2D eigenvalue weighted by molar-refractivity contribution is -0.155. The smallest absolute Gasteiger partial charge is 0.309 e. The summed E-state index contributed by atoms with van der Waals surface area (Å²) in [6.45, 7) is 10.8. The zero-order chi connectivity index (χ0) is 16.3. The van der Waals surface area contributed by atoms with Crippen molar-refractivity contribution in [2.24, 2.45) is 17.8 Å². The maximum absolute atomic E-state index is 12.0. The molecule has 4 nitrogen and oxygen atoms in total. The average Bonchev–Trinajstić information content (AvgIpc) is 2.38. The van der Waals surface area contributed by atoms with E-state index >= 15 is 0 Å². The van der Waals surface area contributed by atoms with Crippen molar-refractivity contribution in [3.63, 3.8) is 0 Å². The molecule has 0 aromatic rings. The molecule has 2 atom stereocenters. The fraction of sp³-hybridized carbons (Fsp3) is 0.882. The Labute approximate surface area is 129 Å². The van der Waals surface area contributed by atoms with Crippen molar-refractivity contribution >= 4 is 11.9 Å². The molecule has 0 rings (SSSR count). The second-order valence-corrected chi connectivity index (χ2v) is 6.12. The van der Waals surface area contributed by atoms with Gasteiger partial charge in [-0.2, -0.15) is 0 Å². The summed E-state index contributed by atoms with van der Waals surface area (Å²) in [7, 11) is 0. The molecule has 0 aliphatic rings. The van der Waals surface area contributed by atoms with Gasteiger partial charge in [-0.3, -0.25) is 9.59 Å². The quantitative estimate of drug-likeness (QED) is 0.542. The monoisotopic (exact) mass is 300 g/mol. The molecule has 0 bridgehead atoms. The van der Waals surface area contributed by atoms with Crippen molar-refractivity contribution in [2.45, 2.75) is 66.7 Å². The van der Waals surface area contributed by atoms with Gasteiger partial charge in [-0.1, -0.05) is 40.0 Å². The maximum Gasteiger partial charge on any atom is 0.309 e. The minimum Gasteiger partial charge on any atom is -0.466 e. The third-order valence-electron chi connectivity index (χ3n) is 3.50. The van der Waals surface area contributed by atoms with E-state index in [2.05, 4.69) is 20.8 Å². The highest BCUT2D eigenvalue weighted by Gasteiger charge is 2.25. The van der Waals surface area contributed by atoms with Crippen LogP contribution in [0.5, 0.6) is 0 Å². The summed E-state index contributed by atoms with van der Waals surface area (Å²) in [4.78, 5) is 23.6. The molecule has 0 saturated carbocycles. The molecular formula is C17H32O4. The van der Waals surface area contributed by atoms with Crippen LogP contribution in [0.2, 0.25) is 0 Å². The molecule has 124 valence electrons. The molecule has 0 heterocycles. The molecule has 0 aliphatic carbocycles. The highest BCUT2D eigenvalue weighted by molar-refractivity contribution is 5.79. The average molecular weight is 300 g/mol. The van der Waals surface area contributed by atoms with Crippen molar-refractivity contribution in [3.8, 4) is 0 Å². The molecule has 0 aromatic carbocycles. The van der Waals surface area contributed by atoms with Crippen LogP contribution in [-0.2, 0) is 19.1 Å². The van der Waals surface area contributed by atoms with Gasteiger partial charge in [-0.25, -0.2) is 0 Å². The SMILES string of the molecule is CCOC(=O)CC(CC(C)CCCC(C)C)C(=O)OCC. The molecule has 21 heavy (non-hydrogen) atoms. The Hall–Kier alpha value is -1.06. The topological polar surface area (TPSA) is 52.6 Å². The van der Waals surface area contributed by atoms with Crippen molar-refractivity contribution in [1.29, 1.82) is 0 Å². The highest BCUT2D eigenvalue weighted by Crippen LogP contribution is 2.23. The first-order valence-electron chi connectivity index (χ1n) is 8.22. The summed E-state index contributed by atoms with van der Waals surface area (Å²) in [5.74, 6) is 0.148. The standard InChI is InChI=1S/C17H32O4/c1-6-20-16(18)12-15(17(19)21-7-2)11-14(5)10-8-9-13(3)4/h13-15H,6-12H2,1-5H3. The number of carbonyl (C=O) groups excluding carboxylic acids is 2. The number of hydrogen-bond acceptors (Lipinski definition) is 4. The Bertz CT molecular complexity index is 299. The van der Waals surface area contributed by atoms with Gasteiger partial charge >= 0.3 is 11.9 Å². The Morgan fingerprint density at radius 3 is 2.10 bits per heavy atom. The van der Waals surface area contributed by atoms with Gasteiger partial charge in [0.1, 0.15) is 0 Å². The van der Waals surface area contributed by atoms with Crippen LogP contribution >= 0.6 is 0 Å². The number of carbonyl (C=O) groups is 2. The van der Waals surface area contributed by atoms with Gasteiger partial charge in [0.25, 0.3) is 0 Å². The summed E-state index contributed by atoms with van der Waals surface area (Å²) < 4.78 is 10.0. The third kappa shape index (κ3) is 10.3. The van der Waals surface area contributed by atoms with E-state index in [1.807, 2.05) is 0 Å². The fourth-order valence-corrected chi connectivity index (χ4v) is 2.42. The molecular weight excluding hydrogens is 268 g/mol. The lowest BCUT2D eigenvalue weighted by Crippen LogP contribution is -2.24. The van der Waals surface area contributed by atoms with Crippen LogP contribution in [-0.4, -0.2) is 25.2 Å². The zero-order valence-corrected chi connectivity index (χ0v) is 14.3. The first-order chi connectivity index (χ1) is 9.90. The minimum atomic E-state index is -0.377. The van der Waals surface area contributed by atoms with Crippen LogP contribution in [0.1, 0.15) is 66.7 Å². The van der Waals surface area contributed by atoms with Crippen LogP contribution in [0.25, 0.3) is 0 Å². The van der Waals surface area contributed by atoms with Crippen molar-refractivity contribution in [1.82, 2.24) is 0 Å². The minimum absolute atomic E-state index is 0.126. The number of esters is 2.